The Kier molecular flexibility index (Phi) is 6.90. The van der Waals surface area contributed by atoms with Crippen molar-refractivity contribution in [3.8, 4) is 5.75 Å². The topological polar surface area (TPSA) is 80.6 Å². The fourth-order valence-corrected chi connectivity index (χ4v) is 4.58. The molecule has 6 nitrogen and oxygen atoms in total. The fraction of sp³-hybridized carbons (Fsp3) is 0.385. The summed E-state index contributed by atoms with van der Waals surface area (Å²) in [5.41, 5.74) is 1.15. The van der Waals surface area contributed by atoms with Gasteiger partial charge in [0.1, 0.15) is 12.0 Å². The van der Waals surface area contributed by atoms with Crippen LogP contribution in [-0.2, 0) is 11.2 Å². The molecule has 0 saturated heterocycles. The van der Waals surface area contributed by atoms with Crippen LogP contribution in [0.25, 0.3) is 10.8 Å². The highest BCUT2D eigenvalue weighted by molar-refractivity contribution is 6.02. The Labute approximate surface area is 187 Å². The second kappa shape index (κ2) is 10.0. The lowest BCUT2D eigenvalue weighted by atomic mass is 9.88. The van der Waals surface area contributed by atoms with Crippen molar-refractivity contribution >= 4 is 22.4 Å². The predicted molar refractivity (Wildman–Crippen MR) is 126 cm³/mol. The lowest BCUT2D eigenvalue weighted by Gasteiger charge is -2.28. The van der Waals surface area contributed by atoms with Gasteiger partial charge in [-0.2, -0.15) is 0 Å². The van der Waals surface area contributed by atoms with Crippen molar-refractivity contribution < 1.29 is 14.6 Å². The number of hydrogen-bond acceptors (Lipinski definition) is 4. The Morgan fingerprint density at radius 2 is 1.88 bits per heavy atom. The Morgan fingerprint density at radius 1 is 1.09 bits per heavy atom. The largest absolute Gasteiger partial charge is 0.494 e. The number of carbonyl (C=O) groups is 1. The molecule has 1 aliphatic rings. The first kappa shape index (κ1) is 22.1. The van der Waals surface area contributed by atoms with Crippen molar-refractivity contribution in [2.45, 2.75) is 51.7 Å². The molecule has 0 aliphatic heterocycles. The minimum Gasteiger partial charge on any atom is -0.494 e. The number of fused-ring (bicyclic) bond motifs is 1. The predicted octanol–water partition coefficient (Wildman–Crippen LogP) is 4.65. The van der Waals surface area contributed by atoms with Crippen molar-refractivity contribution in [2.24, 2.45) is 5.92 Å². The quantitative estimate of drug-likeness (QED) is 0.567. The lowest BCUT2D eigenvalue weighted by Crippen LogP contribution is -2.30. The number of ether oxygens (including phenoxy) is 1. The Bertz CT molecular complexity index is 1150. The van der Waals surface area contributed by atoms with Gasteiger partial charge in [-0.1, -0.05) is 43.5 Å². The highest BCUT2D eigenvalue weighted by Crippen LogP contribution is 2.31. The molecule has 0 spiro atoms. The number of rotatable bonds is 7. The van der Waals surface area contributed by atoms with E-state index in [-0.39, 0.29) is 23.8 Å². The maximum absolute atomic E-state index is 13.1. The zero-order valence-corrected chi connectivity index (χ0v) is 18.4. The van der Waals surface area contributed by atoms with E-state index in [9.17, 15) is 14.7 Å². The number of aliphatic hydroxyl groups excluding tert-OH is 1. The van der Waals surface area contributed by atoms with E-state index >= 15 is 0 Å². The molecule has 1 amide bonds. The minimum atomic E-state index is -0.819. The number of aliphatic hydroxyl groups is 1. The molecule has 2 aromatic carbocycles. The number of carbonyl (C=O) groups excluding carboxylic acids is 1. The highest BCUT2D eigenvalue weighted by Gasteiger charge is 2.24. The third kappa shape index (κ3) is 4.70. The summed E-state index contributed by atoms with van der Waals surface area (Å²) in [5.74, 6) is 0.617. The second-order valence-corrected chi connectivity index (χ2v) is 8.37. The van der Waals surface area contributed by atoms with Crippen molar-refractivity contribution in [1.82, 2.24) is 4.57 Å². The third-order valence-electron chi connectivity index (χ3n) is 6.23. The summed E-state index contributed by atoms with van der Waals surface area (Å²) in [6.07, 6.45) is 6.23. The van der Waals surface area contributed by atoms with Crippen molar-refractivity contribution in [1.29, 1.82) is 0 Å². The minimum absolute atomic E-state index is 0.104. The molecule has 1 saturated carbocycles. The molecule has 3 aromatic rings. The standard InChI is InChI=1S/C26H30N2O4/c1-2-32-23-14-7-6-11-19(23)17-24(29)27-22-13-8-12-21-20(22)15-16-28(26(21)31)25(30)18-9-4-3-5-10-18/h6-8,11-16,18,25,30H,2-5,9-10,17H2,1H3,(H,27,29). The summed E-state index contributed by atoms with van der Waals surface area (Å²) in [5, 5.41) is 14.9. The zero-order valence-electron chi connectivity index (χ0n) is 18.4. The van der Waals surface area contributed by atoms with Gasteiger partial charge in [0.15, 0.2) is 0 Å². The molecule has 0 bridgehead atoms. The number of benzene rings is 2. The molecule has 2 N–H and O–H groups in total. The van der Waals surface area contributed by atoms with E-state index in [4.69, 9.17) is 4.74 Å². The third-order valence-corrected chi connectivity index (χ3v) is 6.23. The molecule has 4 rings (SSSR count). The summed E-state index contributed by atoms with van der Waals surface area (Å²) >= 11 is 0. The van der Waals surface area contributed by atoms with E-state index in [2.05, 4.69) is 5.32 Å². The molecule has 1 heterocycles. The lowest BCUT2D eigenvalue weighted by molar-refractivity contribution is -0.115. The summed E-state index contributed by atoms with van der Waals surface area (Å²) in [7, 11) is 0. The van der Waals surface area contributed by atoms with Crippen LogP contribution in [0.2, 0.25) is 0 Å². The molecule has 6 heteroatoms. The number of hydrogen-bond donors (Lipinski definition) is 2. The Hall–Kier alpha value is -3.12. The molecule has 32 heavy (non-hydrogen) atoms. The Balaban J connectivity index is 1.57. The summed E-state index contributed by atoms with van der Waals surface area (Å²) in [4.78, 5) is 25.9. The van der Waals surface area contributed by atoms with Gasteiger partial charge in [0.25, 0.3) is 5.56 Å². The molecule has 1 aromatic heterocycles. The van der Waals surface area contributed by atoms with Crippen LogP contribution in [-0.4, -0.2) is 22.2 Å². The van der Waals surface area contributed by atoms with Gasteiger partial charge in [-0.15, -0.1) is 0 Å². The molecule has 1 aliphatic carbocycles. The summed E-state index contributed by atoms with van der Waals surface area (Å²) in [6, 6.07) is 14.6. The average molecular weight is 435 g/mol. The van der Waals surface area contributed by atoms with E-state index in [0.29, 0.717) is 28.8 Å². The number of nitrogens with zero attached hydrogens (tertiary/aromatic N) is 1. The van der Waals surface area contributed by atoms with Gasteiger partial charge in [0.2, 0.25) is 5.91 Å². The van der Waals surface area contributed by atoms with Crippen LogP contribution in [0, 0.1) is 5.92 Å². The van der Waals surface area contributed by atoms with Crippen LogP contribution in [0.5, 0.6) is 5.75 Å². The van der Waals surface area contributed by atoms with Crippen LogP contribution in [0.3, 0.4) is 0 Å². The molecule has 1 atom stereocenters. The van der Waals surface area contributed by atoms with Crippen LogP contribution < -0.4 is 15.6 Å². The first-order chi connectivity index (χ1) is 15.6. The number of anilines is 1. The number of pyridine rings is 1. The number of nitrogens with one attached hydrogen (secondary N) is 1. The van der Waals surface area contributed by atoms with Crippen LogP contribution in [0.1, 0.15) is 50.8 Å². The maximum atomic E-state index is 13.1. The van der Waals surface area contributed by atoms with Crippen molar-refractivity contribution in [3.63, 3.8) is 0 Å². The molecular weight excluding hydrogens is 404 g/mol. The van der Waals surface area contributed by atoms with Gasteiger partial charge in [-0.3, -0.25) is 14.2 Å². The smallest absolute Gasteiger partial charge is 0.260 e. The van der Waals surface area contributed by atoms with Gasteiger partial charge in [0.05, 0.1) is 13.0 Å². The van der Waals surface area contributed by atoms with Crippen molar-refractivity contribution in [3.05, 3.63) is 70.6 Å². The molecule has 1 unspecified atom stereocenters. The number of para-hydroxylation sites is 1. The van der Waals surface area contributed by atoms with E-state index in [1.807, 2.05) is 31.2 Å². The molecule has 168 valence electrons. The van der Waals surface area contributed by atoms with E-state index in [1.165, 1.54) is 11.0 Å². The monoisotopic (exact) mass is 434 g/mol. The van der Waals surface area contributed by atoms with Crippen LogP contribution in [0.4, 0.5) is 5.69 Å². The van der Waals surface area contributed by atoms with Crippen LogP contribution >= 0.6 is 0 Å². The molecule has 1 fully saturated rings. The van der Waals surface area contributed by atoms with Gasteiger partial charge in [-0.25, -0.2) is 0 Å². The Morgan fingerprint density at radius 3 is 2.66 bits per heavy atom. The highest BCUT2D eigenvalue weighted by atomic mass is 16.5. The van der Waals surface area contributed by atoms with Crippen molar-refractivity contribution in [2.75, 3.05) is 11.9 Å². The fourth-order valence-electron chi connectivity index (χ4n) is 4.58. The average Bonchev–Trinajstić information content (AvgIpc) is 2.81. The number of aromatic nitrogens is 1. The first-order valence-electron chi connectivity index (χ1n) is 11.4. The SMILES string of the molecule is CCOc1ccccc1CC(=O)Nc1cccc2c(=O)n(C(O)C3CCCCC3)ccc12. The van der Waals surface area contributed by atoms with Gasteiger partial charge < -0.3 is 15.2 Å². The second-order valence-electron chi connectivity index (χ2n) is 8.37. The zero-order chi connectivity index (χ0) is 22.5. The number of amides is 1. The molecule has 0 radical (unpaired) electrons. The first-order valence-corrected chi connectivity index (χ1v) is 11.4. The van der Waals surface area contributed by atoms with Gasteiger partial charge in [0, 0.05) is 34.1 Å². The van der Waals surface area contributed by atoms with Crippen LogP contribution in [0.15, 0.2) is 59.5 Å². The van der Waals surface area contributed by atoms with E-state index < -0.39 is 6.23 Å². The van der Waals surface area contributed by atoms with E-state index in [1.54, 1.807) is 30.5 Å². The molecular formula is C26H30N2O4. The van der Waals surface area contributed by atoms with E-state index in [0.717, 1.165) is 31.2 Å². The normalized spacial score (nSPS) is 15.4. The maximum Gasteiger partial charge on any atom is 0.260 e. The van der Waals surface area contributed by atoms with Gasteiger partial charge >= 0.3 is 0 Å². The summed E-state index contributed by atoms with van der Waals surface area (Å²) < 4.78 is 7.04. The van der Waals surface area contributed by atoms with Gasteiger partial charge in [-0.05, 0) is 44.0 Å². The summed E-state index contributed by atoms with van der Waals surface area (Å²) in [6.45, 7) is 2.44.